The molecule has 0 aromatic carbocycles. The van der Waals surface area contributed by atoms with Crippen LogP contribution in [-0.2, 0) is 0 Å². The summed E-state index contributed by atoms with van der Waals surface area (Å²) in [6.45, 7) is 5.34. The molecule has 1 aromatic rings. The van der Waals surface area contributed by atoms with Gasteiger partial charge in [-0.05, 0) is 6.92 Å². The van der Waals surface area contributed by atoms with Gasteiger partial charge in [-0.3, -0.25) is 10.1 Å². The fraction of sp³-hybridized carbons (Fsp3) is 0.200. The van der Waals surface area contributed by atoms with Crippen LogP contribution in [-0.4, -0.2) is 15.9 Å². The van der Waals surface area contributed by atoms with Crippen LogP contribution in [0.3, 0.4) is 0 Å². The van der Waals surface area contributed by atoms with Gasteiger partial charge < -0.3 is 5.32 Å². The number of nitrogens with zero attached hydrogens (tertiary/aromatic N) is 3. The topological polar surface area (TPSA) is 91.8 Å². The number of rotatable bonds is 4. The van der Waals surface area contributed by atoms with E-state index < -0.39 is 4.92 Å². The molecule has 82 valence electrons. The first kappa shape index (κ1) is 11.7. The third-order valence-electron chi connectivity index (χ3n) is 1.91. The first-order valence-electron chi connectivity index (χ1n) is 4.52. The van der Waals surface area contributed by atoms with Gasteiger partial charge >= 0.3 is 5.69 Å². The molecule has 1 N–H and O–H groups in total. The van der Waals surface area contributed by atoms with Crippen LogP contribution in [0, 0.1) is 21.4 Å². The zero-order valence-corrected chi connectivity index (χ0v) is 8.67. The van der Waals surface area contributed by atoms with Crippen molar-refractivity contribution in [3.05, 3.63) is 40.6 Å². The molecule has 0 saturated heterocycles. The molecule has 0 bridgehead atoms. The maximum absolute atomic E-state index is 10.8. The second-order valence-electron chi connectivity index (χ2n) is 3.13. The second-order valence-corrected chi connectivity index (χ2v) is 3.13. The van der Waals surface area contributed by atoms with Crippen LogP contribution in [0.25, 0.3) is 0 Å². The Balaban J connectivity index is 3.14. The first-order valence-corrected chi connectivity index (χ1v) is 4.52. The van der Waals surface area contributed by atoms with E-state index in [1.807, 2.05) is 0 Å². The molecule has 0 spiro atoms. The van der Waals surface area contributed by atoms with Gasteiger partial charge in [0, 0.05) is 18.3 Å². The number of anilines is 1. The smallest absolute Gasteiger partial charge is 0.312 e. The lowest BCUT2D eigenvalue weighted by molar-refractivity contribution is -0.384. The molecule has 0 saturated carbocycles. The highest BCUT2D eigenvalue weighted by Gasteiger charge is 2.17. The van der Waals surface area contributed by atoms with Gasteiger partial charge in [-0.2, -0.15) is 5.26 Å². The van der Waals surface area contributed by atoms with Gasteiger partial charge in [0.15, 0.2) is 0 Å². The van der Waals surface area contributed by atoms with Crippen molar-refractivity contribution in [2.45, 2.75) is 13.0 Å². The minimum atomic E-state index is -0.577. The highest BCUT2D eigenvalue weighted by atomic mass is 16.6. The van der Waals surface area contributed by atoms with E-state index in [1.165, 1.54) is 12.3 Å². The molecule has 0 aliphatic rings. The summed E-state index contributed by atoms with van der Waals surface area (Å²) in [5, 5.41) is 22.2. The van der Waals surface area contributed by atoms with E-state index in [1.54, 1.807) is 19.1 Å². The molecule has 1 rings (SSSR count). The van der Waals surface area contributed by atoms with Crippen molar-refractivity contribution in [2.75, 3.05) is 5.32 Å². The van der Waals surface area contributed by atoms with Crippen LogP contribution < -0.4 is 5.32 Å². The predicted molar refractivity (Wildman–Crippen MR) is 58.9 cm³/mol. The van der Waals surface area contributed by atoms with E-state index in [9.17, 15) is 10.1 Å². The van der Waals surface area contributed by atoms with E-state index in [4.69, 9.17) is 5.26 Å². The fourth-order valence-electron chi connectivity index (χ4n) is 1.04. The summed E-state index contributed by atoms with van der Waals surface area (Å²) in [5.74, 6) is 0.136. The monoisotopic (exact) mass is 218 g/mol. The molecule has 0 aliphatic heterocycles. The SMILES string of the molecule is C=CC(C)Nc1ncc(C#N)cc1[N+](=O)[O-]. The lowest BCUT2D eigenvalue weighted by Gasteiger charge is -2.09. The van der Waals surface area contributed by atoms with Crippen molar-refractivity contribution in [1.29, 1.82) is 5.26 Å². The summed E-state index contributed by atoms with van der Waals surface area (Å²) in [5.41, 5.74) is -0.0590. The van der Waals surface area contributed by atoms with Gasteiger partial charge in [-0.1, -0.05) is 6.08 Å². The normalized spacial score (nSPS) is 11.2. The van der Waals surface area contributed by atoms with Crippen molar-refractivity contribution in [1.82, 2.24) is 4.98 Å². The van der Waals surface area contributed by atoms with Crippen molar-refractivity contribution in [3.63, 3.8) is 0 Å². The van der Waals surface area contributed by atoms with E-state index in [0.29, 0.717) is 0 Å². The quantitative estimate of drug-likeness (QED) is 0.473. The Labute approximate surface area is 92.4 Å². The lowest BCUT2D eigenvalue weighted by atomic mass is 10.2. The standard InChI is InChI=1S/C10H10N4O2/c1-3-7(2)13-10-9(14(15)16)4-8(5-11)6-12-10/h3-4,6-7H,1H2,2H3,(H,12,13). The molecule has 0 fully saturated rings. The molecule has 1 atom stereocenters. The lowest BCUT2D eigenvalue weighted by Crippen LogP contribution is -2.14. The van der Waals surface area contributed by atoms with Crippen LogP contribution >= 0.6 is 0 Å². The molecule has 0 amide bonds. The van der Waals surface area contributed by atoms with Gasteiger partial charge in [0.05, 0.1) is 10.5 Å². The predicted octanol–water partition coefficient (Wildman–Crippen LogP) is 1.85. The molecular weight excluding hydrogens is 208 g/mol. The number of nitro groups is 1. The summed E-state index contributed by atoms with van der Waals surface area (Å²) in [6, 6.07) is 2.85. The van der Waals surface area contributed by atoms with E-state index in [2.05, 4.69) is 16.9 Å². The molecule has 6 nitrogen and oxygen atoms in total. The third-order valence-corrected chi connectivity index (χ3v) is 1.91. The first-order chi connectivity index (χ1) is 7.58. The molecule has 1 aromatic heterocycles. The highest BCUT2D eigenvalue weighted by molar-refractivity contribution is 5.58. The molecule has 1 unspecified atom stereocenters. The maximum Gasteiger partial charge on any atom is 0.312 e. The Morgan fingerprint density at radius 2 is 2.50 bits per heavy atom. The van der Waals surface area contributed by atoms with Gasteiger partial charge in [0.2, 0.25) is 5.82 Å². The minimum absolute atomic E-state index is 0.136. The van der Waals surface area contributed by atoms with Gasteiger partial charge in [0.25, 0.3) is 0 Å². The largest absolute Gasteiger partial charge is 0.358 e. The van der Waals surface area contributed by atoms with Crippen LogP contribution in [0.2, 0.25) is 0 Å². The van der Waals surface area contributed by atoms with Gasteiger partial charge in [-0.25, -0.2) is 4.98 Å². The van der Waals surface area contributed by atoms with Gasteiger partial charge in [-0.15, -0.1) is 6.58 Å². The Morgan fingerprint density at radius 1 is 1.81 bits per heavy atom. The fourth-order valence-corrected chi connectivity index (χ4v) is 1.04. The minimum Gasteiger partial charge on any atom is -0.358 e. The van der Waals surface area contributed by atoms with Crippen LogP contribution in [0.5, 0.6) is 0 Å². The molecule has 1 heterocycles. The molecular formula is C10H10N4O2. The second kappa shape index (κ2) is 4.89. The van der Waals surface area contributed by atoms with Crippen molar-refractivity contribution in [2.24, 2.45) is 0 Å². The number of nitriles is 1. The van der Waals surface area contributed by atoms with Crippen LogP contribution in [0.1, 0.15) is 12.5 Å². The number of hydrogen-bond donors (Lipinski definition) is 1. The van der Waals surface area contributed by atoms with Crippen molar-refractivity contribution >= 4 is 11.5 Å². The third kappa shape index (κ3) is 2.54. The number of aromatic nitrogens is 1. The zero-order chi connectivity index (χ0) is 12.1. The summed E-state index contributed by atoms with van der Waals surface area (Å²) in [4.78, 5) is 14.0. The number of hydrogen-bond acceptors (Lipinski definition) is 5. The van der Waals surface area contributed by atoms with Crippen LogP contribution in [0.15, 0.2) is 24.9 Å². The zero-order valence-electron chi connectivity index (χ0n) is 8.67. The van der Waals surface area contributed by atoms with Crippen molar-refractivity contribution < 1.29 is 4.92 Å². The Bertz CT molecular complexity index is 464. The Morgan fingerprint density at radius 3 is 3.00 bits per heavy atom. The van der Waals surface area contributed by atoms with E-state index in [-0.39, 0.29) is 23.1 Å². The average Bonchev–Trinajstić information content (AvgIpc) is 2.29. The number of nitrogens with one attached hydrogen (secondary N) is 1. The van der Waals surface area contributed by atoms with Gasteiger partial charge in [0.1, 0.15) is 6.07 Å². The molecule has 0 radical (unpaired) electrons. The summed E-state index contributed by atoms with van der Waals surface area (Å²) < 4.78 is 0. The number of pyridine rings is 1. The summed E-state index contributed by atoms with van der Waals surface area (Å²) in [7, 11) is 0. The summed E-state index contributed by atoms with van der Waals surface area (Å²) >= 11 is 0. The summed E-state index contributed by atoms with van der Waals surface area (Å²) in [6.07, 6.45) is 2.88. The van der Waals surface area contributed by atoms with E-state index >= 15 is 0 Å². The average molecular weight is 218 g/mol. The van der Waals surface area contributed by atoms with E-state index in [0.717, 1.165) is 0 Å². The Kier molecular flexibility index (Phi) is 3.56. The molecule has 0 aliphatic carbocycles. The van der Waals surface area contributed by atoms with Crippen molar-refractivity contribution in [3.8, 4) is 6.07 Å². The maximum atomic E-state index is 10.8. The molecule has 6 heteroatoms. The highest BCUT2D eigenvalue weighted by Crippen LogP contribution is 2.23. The van der Waals surface area contributed by atoms with Crippen LogP contribution in [0.4, 0.5) is 11.5 Å². The Hall–Kier alpha value is -2.42. The molecule has 16 heavy (non-hydrogen) atoms.